The molecular formula is C9H23N3Si. The van der Waals surface area contributed by atoms with Crippen LogP contribution in [-0.2, 0) is 0 Å². The zero-order valence-corrected chi connectivity index (χ0v) is 11.3. The summed E-state index contributed by atoms with van der Waals surface area (Å²) >= 11 is 0. The van der Waals surface area contributed by atoms with E-state index in [9.17, 15) is 0 Å². The van der Waals surface area contributed by atoms with Crippen molar-refractivity contribution >= 4 is 10.2 Å². The molecule has 0 saturated heterocycles. The fourth-order valence-corrected chi connectivity index (χ4v) is 2.26. The lowest BCUT2D eigenvalue weighted by Gasteiger charge is -2.34. The van der Waals surface area contributed by atoms with Gasteiger partial charge in [0.1, 0.15) is 0 Å². The third kappa shape index (κ3) is 3.93. The molecule has 0 rings (SSSR count). The third-order valence-corrected chi connectivity index (χ3v) is 3.37. The quantitative estimate of drug-likeness (QED) is 0.378. The van der Waals surface area contributed by atoms with E-state index >= 15 is 0 Å². The van der Waals surface area contributed by atoms with E-state index in [1.165, 1.54) is 0 Å². The van der Waals surface area contributed by atoms with Crippen molar-refractivity contribution in [1.82, 2.24) is 16.0 Å². The van der Waals surface area contributed by atoms with Crippen LogP contribution in [0.3, 0.4) is 0 Å². The molecule has 13 heavy (non-hydrogen) atoms. The minimum absolute atomic E-state index is 0.0560. The fourth-order valence-electron chi connectivity index (χ4n) is 1.37. The summed E-state index contributed by atoms with van der Waals surface area (Å²) in [6, 6.07) is 0. The molecule has 0 aliphatic carbocycles. The summed E-state index contributed by atoms with van der Waals surface area (Å²) < 4.78 is 0. The molecule has 0 aliphatic heterocycles. The van der Waals surface area contributed by atoms with Gasteiger partial charge >= 0.3 is 0 Å². The van der Waals surface area contributed by atoms with Crippen molar-refractivity contribution in [2.45, 2.75) is 26.1 Å². The molecule has 0 unspecified atom stereocenters. The Bertz CT molecular complexity index is 153. The molecule has 78 valence electrons. The number of nitrogens with one attached hydrogen (secondary N) is 3. The van der Waals surface area contributed by atoms with Gasteiger partial charge in [-0.15, -0.1) is 0 Å². The average molecular weight is 201 g/mol. The zero-order valence-electron chi connectivity index (χ0n) is 9.33. The largest absolute Gasteiger partial charge is 0.387 e. The predicted octanol–water partition coefficient (Wildman–Crippen LogP) is -0.652. The maximum Gasteiger partial charge on any atom is 0.0860 e. The molecule has 0 aliphatic rings. The number of likely N-dealkylation sites (N-methyl/N-ethyl adjacent to an activating group) is 3. The monoisotopic (exact) mass is 201 g/mol. The van der Waals surface area contributed by atoms with E-state index in [-0.39, 0.29) is 5.29 Å². The molecule has 0 saturated carbocycles. The second-order valence-electron chi connectivity index (χ2n) is 3.19. The highest BCUT2D eigenvalue weighted by Gasteiger charge is 2.24. The SMILES string of the molecule is C=C(NCC)C([SiH3])(NCC)NCC. The first kappa shape index (κ1) is 12.7. The fraction of sp³-hybridized carbons (Fsp3) is 0.778. The lowest BCUT2D eigenvalue weighted by molar-refractivity contribution is 0.421. The van der Waals surface area contributed by atoms with Gasteiger partial charge in [-0.2, -0.15) is 0 Å². The van der Waals surface area contributed by atoms with Crippen LogP contribution in [0.1, 0.15) is 20.8 Å². The molecule has 0 aromatic carbocycles. The van der Waals surface area contributed by atoms with Crippen molar-refractivity contribution in [2.75, 3.05) is 19.6 Å². The zero-order chi connectivity index (χ0) is 10.3. The van der Waals surface area contributed by atoms with E-state index in [1.807, 2.05) is 0 Å². The molecule has 0 fully saturated rings. The Morgan fingerprint density at radius 1 is 1.15 bits per heavy atom. The maximum atomic E-state index is 4.05. The summed E-state index contributed by atoms with van der Waals surface area (Å²) in [6.07, 6.45) is 0. The van der Waals surface area contributed by atoms with Crippen LogP contribution >= 0.6 is 0 Å². The Hall–Kier alpha value is -0.323. The third-order valence-electron chi connectivity index (χ3n) is 2.05. The minimum atomic E-state index is -0.0560. The molecule has 3 nitrogen and oxygen atoms in total. The van der Waals surface area contributed by atoms with Gasteiger partial charge in [-0.05, 0) is 20.0 Å². The molecule has 0 aromatic rings. The van der Waals surface area contributed by atoms with Crippen molar-refractivity contribution in [3.8, 4) is 0 Å². The second kappa shape index (κ2) is 6.18. The van der Waals surface area contributed by atoms with Gasteiger partial charge in [0.2, 0.25) is 0 Å². The lowest BCUT2D eigenvalue weighted by atomic mass is 10.3. The Morgan fingerprint density at radius 2 is 1.62 bits per heavy atom. The van der Waals surface area contributed by atoms with E-state index in [0.29, 0.717) is 0 Å². The van der Waals surface area contributed by atoms with Gasteiger partial charge in [-0.1, -0.05) is 20.4 Å². The summed E-state index contributed by atoms with van der Waals surface area (Å²) in [5.41, 5.74) is 1.06. The number of hydrogen-bond donors (Lipinski definition) is 3. The molecule has 0 aromatic heterocycles. The van der Waals surface area contributed by atoms with Crippen LogP contribution in [0.2, 0.25) is 0 Å². The lowest BCUT2D eigenvalue weighted by Crippen LogP contribution is -2.61. The summed E-state index contributed by atoms with van der Waals surface area (Å²) in [5, 5.41) is 10.1. The van der Waals surface area contributed by atoms with Crippen LogP contribution in [-0.4, -0.2) is 35.2 Å². The van der Waals surface area contributed by atoms with Crippen molar-refractivity contribution in [3.63, 3.8) is 0 Å². The molecule has 0 radical (unpaired) electrons. The van der Waals surface area contributed by atoms with Crippen LogP contribution in [0.25, 0.3) is 0 Å². The van der Waals surface area contributed by atoms with Crippen LogP contribution in [0.5, 0.6) is 0 Å². The van der Waals surface area contributed by atoms with Gasteiger partial charge in [0.05, 0.1) is 15.5 Å². The molecule has 4 heteroatoms. The van der Waals surface area contributed by atoms with Gasteiger partial charge < -0.3 is 5.32 Å². The first-order chi connectivity index (χ1) is 6.10. The summed E-state index contributed by atoms with van der Waals surface area (Å²) in [7, 11) is 1.00. The van der Waals surface area contributed by atoms with Gasteiger partial charge in [-0.3, -0.25) is 10.6 Å². The number of hydrogen-bond acceptors (Lipinski definition) is 3. The molecule has 0 heterocycles. The normalized spacial score (nSPS) is 11.6. The van der Waals surface area contributed by atoms with E-state index in [0.717, 1.165) is 35.6 Å². The van der Waals surface area contributed by atoms with Crippen LogP contribution in [0.15, 0.2) is 12.3 Å². The Morgan fingerprint density at radius 3 is 1.92 bits per heavy atom. The second-order valence-corrected chi connectivity index (χ2v) is 4.69. The highest BCUT2D eigenvalue weighted by Crippen LogP contribution is 2.03. The Balaban J connectivity index is 4.27. The van der Waals surface area contributed by atoms with Crippen LogP contribution in [0, 0.1) is 0 Å². The Kier molecular flexibility index (Phi) is 6.03. The van der Waals surface area contributed by atoms with Crippen molar-refractivity contribution < 1.29 is 0 Å². The smallest absolute Gasteiger partial charge is 0.0860 e. The van der Waals surface area contributed by atoms with E-state index in [2.05, 4.69) is 43.3 Å². The van der Waals surface area contributed by atoms with Crippen LogP contribution < -0.4 is 16.0 Å². The summed E-state index contributed by atoms with van der Waals surface area (Å²) in [5.74, 6) is 0. The standard InChI is InChI=1S/C9H23N3Si/c1-5-10-8(4)9(13,11-6-2)12-7-3/h10-12H,4-7H2,1-3,13H3. The van der Waals surface area contributed by atoms with Crippen molar-refractivity contribution in [2.24, 2.45) is 0 Å². The van der Waals surface area contributed by atoms with Crippen molar-refractivity contribution in [3.05, 3.63) is 12.3 Å². The molecule has 0 bridgehead atoms. The molecule has 0 spiro atoms. The molecule has 0 amide bonds. The van der Waals surface area contributed by atoms with Gasteiger partial charge in [0.25, 0.3) is 0 Å². The molecular weight excluding hydrogens is 178 g/mol. The Labute approximate surface area is 84.8 Å². The van der Waals surface area contributed by atoms with Gasteiger partial charge in [0, 0.05) is 12.2 Å². The van der Waals surface area contributed by atoms with E-state index < -0.39 is 0 Å². The van der Waals surface area contributed by atoms with Gasteiger partial charge in [-0.25, -0.2) is 0 Å². The molecule has 3 N–H and O–H groups in total. The van der Waals surface area contributed by atoms with Crippen molar-refractivity contribution in [1.29, 1.82) is 0 Å². The highest BCUT2D eigenvalue weighted by molar-refractivity contribution is 6.17. The highest BCUT2D eigenvalue weighted by atomic mass is 28.1. The van der Waals surface area contributed by atoms with Crippen LogP contribution in [0.4, 0.5) is 0 Å². The van der Waals surface area contributed by atoms with E-state index in [1.54, 1.807) is 0 Å². The first-order valence-corrected chi connectivity index (χ1v) is 6.04. The van der Waals surface area contributed by atoms with E-state index in [4.69, 9.17) is 0 Å². The summed E-state index contributed by atoms with van der Waals surface area (Å²) in [4.78, 5) is 0. The number of rotatable bonds is 7. The average Bonchev–Trinajstić information content (AvgIpc) is 2.05. The molecule has 0 atom stereocenters. The first-order valence-electron chi connectivity index (χ1n) is 5.04. The summed E-state index contributed by atoms with van der Waals surface area (Å²) in [6.45, 7) is 13.2. The minimum Gasteiger partial charge on any atom is -0.387 e. The maximum absolute atomic E-state index is 4.05. The van der Waals surface area contributed by atoms with Gasteiger partial charge in [0.15, 0.2) is 0 Å². The topological polar surface area (TPSA) is 36.1 Å². The predicted molar refractivity (Wildman–Crippen MR) is 62.8 cm³/mol.